The Morgan fingerprint density at radius 3 is 1.46 bits per heavy atom. The second kappa shape index (κ2) is 28.9. The average molecular weight is 705 g/mol. The molecule has 9 nitrogen and oxygen atoms in total. The van der Waals surface area contributed by atoms with Crippen molar-refractivity contribution in [2.75, 3.05) is 26.5 Å². The third-order valence-electron chi connectivity index (χ3n) is 9.81. The molecule has 0 bridgehead atoms. The highest BCUT2D eigenvalue weighted by Gasteiger charge is 2.46. The molecule has 3 N–H and O–H groups in total. The lowest BCUT2D eigenvalue weighted by molar-refractivity contribution is -0.256. The van der Waals surface area contributed by atoms with Crippen LogP contribution in [0.4, 0.5) is 0 Å². The van der Waals surface area contributed by atoms with Crippen LogP contribution in [0.25, 0.3) is 0 Å². The van der Waals surface area contributed by atoms with E-state index in [0.29, 0.717) is 13.0 Å². The SMILES string of the molecule is CCCCCCCCCCCCCCCCCCN(C[C@H]1O[C@H](OC)[C@@H](NS(C)(=O)=O)[C@@H](O)[C@@H]1O)C(=O)CCCCCCCCCCC. The maximum absolute atomic E-state index is 13.4. The zero-order valence-corrected chi connectivity index (χ0v) is 32.3. The topological polar surface area (TPSA) is 125 Å². The fraction of sp³-hybridized carbons (Fsp3) is 0.974. The normalized spacial score (nSPS) is 21.5. The monoisotopic (exact) mass is 705 g/mol. The van der Waals surface area contributed by atoms with Gasteiger partial charge in [-0.05, 0) is 12.8 Å². The lowest BCUT2D eigenvalue weighted by Crippen LogP contribution is -2.65. The van der Waals surface area contributed by atoms with Gasteiger partial charge in [0.2, 0.25) is 15.9 Å². The van der Waals surface area contributed by atoms with Crippen LogP contribution in [0.1, 0.15) is 181 Å². The van der Waals surface area contributed by atoms with Gasteiger partial charge >= 0.3 is 0 Å². The molecule has 1 fully saturated rings. The Bertz CT molecular complexity index is 873. The summed E-state index contributed by atoms with van der Waals surface area (Å²) in [7, 11) is -2.31. The summed E-state index contributed by atoms with van der Waals surface area (Å²) in [5.41, 5.74) is 0. The standard InChI is InChI=1S/C38H76N2O7S/c1-5-7-9-11-13-15-16-17-18-19-20-21-23-25-27-29-31-40(34(41)30-28-26-24-22-14-12-10-8-6-2)32-33-36(42)37(43)35(38(46-3)47-33)39-48(4,44)45/h33,35-39,42-43H,5-32H2,1-4H3/t33-,35+,36-,37-,38+/m1/s1. The molecule has 286 valence electrons. The average Bonchev–Trinajstić information content (AvgIpc) is 3.05. The van der Waals surface area contributed by atoms with Crippen LogP contribution in [0, 0.1) is 0 Å². The van der Waals surface area contributed by atoms with Crippen molar-refractivity contribution in [2.24, 2.45) is 0 Å². The molecule has 0 aromatic carbocycles. The van der Waals surface area contributed by atoms with E-state index in [2.05, 4.69) is 18.6 Å². The molecular formula is C38H76N2O7S. The zero-order chi connectivity index (χ0) is 35.5. The van der Waals surface area contributed by atoms with E-state index in [1.54, 1.807) is 4.90 Å². The van der Waals surface area contributed by atoms with Crippen LogP contribution in [0.2, 0.25) is 0 Å². The van der Waals surface area contributed by atoms with Crippen molar-refractivity contribution in [1.82, 2.24) is 9.62 Å². The number of aliphatic hydroxyl groups is 2. The molecule has 48 heavy (non-hydrogen) atoms. The summed E-state index contributed by atoms with van der Waals surface area (Å²) in [6.45, 7) is 5.19. The predicted molar refractivity (Wildman–Crippen MR) is 197 cm³/mol. The minimum atomic E-state index is -3.68. The zero-order valence-electron chi connectivity index (χ0n) is 31.5. The molecule has 1 amide bonds. The molecule has 0 saturated carbocycles. The van der Waals surface area contributed by atoms with Crippen LogP contribution in [0.15, 0.2) is 0 Å². The number of hydrogen-bond donors (Lipinski definition) is 3. The van der Waals surface area contributed by atoms with Crippen LogP contribution < -0.4 is 4.72 Å². The van der Waals surface area contributed by atoms with Crippen LogP contribution in [0.5, 0.6) is 0 Å². The van der Waals surface area contributed by atoms with Gasteiger partial charge in [-0.1, -0.05) is 162 Å². The van der Waals surface area contributed by atoms with Gasteiger partial charge in [0.15, 0.2) is 6.29 Å². The lowest BCUT2D eigenvalue weighted by Gasteiger charge is -2.43. The van der Waals surface area contributed by atoms with Gasteiger partial charge in [0.25, 0.3) is 0 Å². The van der Waals surface area contributed by atoms with E-state index in [1.165, 1.54) is 129 Å². The first kappa shape index (κ1) is 45.2. The minimum Gasteiger partial charge on any atom is -0.388 e. The lowest BCUT2D eigenvalue weighted by atomic mass is 9.96. The number of rotatable bonds is 32. The van der Waals surface area contributed by atoms with Crippen molar-refractivity contribution in [3.63, 3.8) is 0 Å². The molecule has 1 heterocycles. The quantitative estimate of drug-likeness (QED) is 0.0606. The Kier molecular flexibility index (Phi) is 27.2. The molecule has 0 spiro atoms. The van der Waals surface area contributed by atoms with Gasteiger partial charge in [0.05, 0.1) is 6.26 Å². The summed E-state index contributed by atoms with van der Waals surface area (Å²) in [4.78, 5) is 15.2. The number of hydrogen-bond acceptors (Lipinski definition) is 7. The Balaban J connectivity index is 2.48. The van der Waals surface area contributed by atoms with Crippen LogP contribution in [0.3, 0.4) is 0 Å². The van der Waals surface area contributed by atoms with Gasteiger partial charge in [0, 0.05) is 26.6 Å². The van der Waals surface area contributed by atoms with Crippen molar-refractivity contribution in [1.29, 1.82) is 0 Å². The predicted octanol–water partition coefficient (Wildman–Crippen LogP) is 8.01. The van der Waals surface area contributed by atoms with Crippen molar-refractivity contribution in [2.45, 2.75) is 211 Å². The maximum Gasteiger partial charge on any atom is 0.222 e. The van der Waals surface area contributed by atoms with E-state index >= 15 is 0 Å². The van der Waals surface area contributed by atoms with E-state index in [0.717, 1.165) is 44.8 Å². The number of methoxy groups -OCH3 is 1. The van der Waals surface area contributed by atoms with E-state index in [1.807, 2.05) is 0 Å². The second-order valence-corrected chi connectivity index (χ2v) is 16.2. The van der Waals surface area contributed by atoms with Gasteiger partial charge in [-0.3, -0.25) is 4.79 Å². The molecule has 0 aromatic heterocycles. The van der Waals surface area contributed by atoms with Crippen LogP contribution in [-0.4, -0.2) is 86.5 Å². The molecule has 5 atom stereocenters. The maximum atomic E-state index is 13.4. The molecule has 0 unspecified atom stereocenters. The molecule has 1 aliphatic rings. The highest BCUT2D eigenvalue weighted by molar-refractivity contribution is 7.88. The van der Waals surface area contributed by atoms with Crippen molar-refractivity contribution in [3.8, 4) is 0 Å². The fourth-order valence-electron chi connectivity index (χ4n) is 6.79. The molecule has 0 aromatic rings. The Morgan fingerprint density at radius 1 is 0.667 bits per heavy atom. The Hall–Kier alpha value is -0.780. The number of carbonyl (C=O) groups is 1. The number of unbranched alkanes of at least 4 members (excludes halogenated alkanes) is 23. The summed E-state index contributed by atoms with van der Waals surface area (Å²) < 4.78 is 37.3. The number of carbonyl (C=O) groups excluding carboxylic acids is 1. The van der Waals surface area contributed by atoms with Gasteiger partial charge < -0.3 is 24.6 Å². The highest BCUT2D eigenvalue weighted by atomic mass is 32.2. The molecule has 0 radical (unpaired) electrons. The van der Waals surface area contributed by atoms with E-state index in [-0.39, 0.29) is 12.5 Å². The summed E-state index contributed by atoms with van der Waals surface area (Å²) >= 11 is 0. The Labute approximate surface area is 295 Å². The minimum absolute atomic E-state index is 0.0366. The molecule has 0 aliphatic carbocycles. The first-order valence-corrected chi connectivity index (χ1v) is 21.8. The number of ether oxygens (including phenoxy) is 2. The van der Waals surface area contributed by atoms with Crippen molar-refractivity contribution in [3.05, 3.63) is 0 Å². The van der Waals surface area contributed by atoms with Crippen molar-refractivity contribution < 1.29 is 32.9 Å². The van der Waals surface area contributed by atoms with Gasteiger partial charge in [-0.15, -0.1) is 0 Å². The number of nitrogens with zero attached hydrogens (tertiary/aromatic N) is 1. The molecule has 1 aliphatic heterocycles. The smallest absolute Gasteiger partial charge is 0.222 e. The molecule has 10 heteroatoms. The van der Waals surface area contributed by atoms with E-state index in [4.69, 9.17) is 9.47 Å². The second-order valence-electron chi connectivity index (χ2n) is 14.4. The summed E-state index contributed by atoms with van der Waals surface area (Å²) in [5, 5.41) is 21.7. The molecular weight excluding hydrogens is 628 g/mol. The number of nitrogens with one attached hydrogen (secondary N) is 1. The summed E-state index contributed by atoms with van der Waals surface area (Å²) in [5.74, 6) is 0.0366. The van der Waals surface area contributed by atoms with Gasteiger partial charge in [0.1, 0.15) is 24.4 Å². The third kappa shape index (κ3) is 22.1. The Morgan fingerprint density at radius 2 is 1.06 bits per heavy atom. The highest BCUT2D eigenvalue weighted by Crippen LogP contribution is 2.24. The summed E-state index contributed by atoms with van der Waals surface area (Å²) in [6.07, 6.45) is 27.8. The molecule has 1 saturated heterocycles. The van der Waals surface area contributed by atoms with Crippen LogP contribution >= 0.6 is 0 Å². The molecule has 1 rings (SSSR count). The van der Waals surface area contributed by atoms with Crippen LogP contribution in [-0.2, 0) is 24.3 Å². The fourth-order valence-corrected chi connectivity index (χ4v) is 7.53. The van der Waals surface area contributed by atoms with E-state index < -0.39 is 40.7 Å². The summed E-state index contributed by atoms with van der Waals surface area (Å²) in [6, 6.07) is -1.15. The van der Waals surface area contributed by atoms with E-state index in [9.17, 15) is 23.4 Å². The number of sulfonamides is 1. The van der Waals surface area contributed by atoms with Gasteiger partial charge in [-0.2, -0.15) is 0 Å². The third-order valence-corrected chi connectivity index (χ3v) is 10.5. The largest absolute Gasteiger partial charge is 0.388 e. The van der Waals surface area contributed by atoms with Gasteiger partial charge in [-0.25, -0.2) is 13.1 Å². The first-order valence-electron chi connectivity index (χ1n) is 19.9. The number of aliphatic hydroxyl groups excluding tert-OH is 2. The number of amides is 1. The van der Waals surface area contributed by atoms with Crippen molar-refractivity contribution >= 4 is 15.9 Å². The first-order chi connectivity index (χ1) is 23.1.